The number of halogens is 1. The lowest BCUT2D eigenvalue weighted by Gasteiger charge is -2.07. The van der Waals surface area contributed by atoms with Gasteiger partial charge >= 0.3 is 0 Å². The first-order chi connectivity index (χ1) is 7.25. The van der Waals surface area contributed by atoms with Crippen molar-refractivity contribution in [2.24, 2.45) is 0 Å². The van der Waals surface area contributed by atoms with Crippen molar-refractivity contribution in [3.63, 3.8) is 0 Å². The van der Waals surface area contributed by atoms with E-state index in [1.165, 1.54) is 6.39 Å². The first kappa shape index (κ1) is 10.1. The third-order valence-electron chi connectivity index (χ3n) is 2.14. The Kier molecular flexibility index (Phi) is 2.92. The van der Waals surface area contributed by atoms with E-state index in [0.29, 0.717) is 6.54 Å². The summed E-state index contributed by atoms with van der Waals surface area (Å²) < 4.78 is 5.12. The molecule has 78 valence electrons. The van der Waals surface area contributed by atoms with Gasteiger partial charge in [0.1, 0.15) is 5.76 Å². The lowest BCUT2D eigenvalue weighted by Crippen LogP contribution is -1.99. The van der Waals surface area contributed by atoms with Crippen LogP contribution in [0, 0.1) is 6.92 Å². The van der Waals surface area contributed by atoms with Crippen molar-refractivity contribution in [1.29, 1.82) is 0 Å². The van der Waals surface area contributed by atoms with Crippen molar-refractivity contribution in [1.82, 2.24) is 4.98 Å². The summed E-state index contributed by atoms with van der Waals surface area (Å²) in [4.78, 5) is 3.84. The quantitative estimate of drug-likeness (QED) is 0.867. The fourth-order valence-electron chi connectivity index (χ4n) is 1.30. The Bertz CT molecular complexity index is 440. The van der Waals surface area contributed by atoms with Crippen LogP contribution in [0.1, 0.15) is 11.3 Å². The highest BCUT2D eigenvalue weighted by Crippen LogP contribution is 2.20. The Morgan fingerprint density at radius 1 is 1.47 bits per heavy atom. The van der Waals surface area contributed by atoms with Crippen molar-refractivity contribution in [3.8, 4) is 0 Å². The van der Waals surface area contributed by atoms with Crippen LogP contribution in [-0.4, -0.2) is 4.98 Å². The zero-order chi connectivity index (χ0) is 10.7. The largest absolute Gasteiger partial charge is 0.447 e. The van der Waals surface area contributed by atoms with Gasteiger partial charge in [0, 0.05) is 10.7 Å². The summed E-state index contributed by atoms with van der Waals surface area (Å²) >= 11 is 5.90. The smallest absolute Gasteiger partial charge is 0.180 e. The molecule has 2 rings (SSSR count). The molecule has 1 heterocycles. The minimum Gasteiger partial charge on any atom is -0.447 e. The number of rotatable bonds is 3. The predicted molar refractivity (Wildman–Crippen MR) is 60.0 cm³/mol. The molecule has 1 aromatic heterocycles. The Labute approximate surface area is 93.1 Å². The molecule has 2 aromatic rings. The van der Waals surface area contributed by atoms with Gasteiger partial charge in [0.25, 0.3) is 0 Å². The molecule has 1 aromatic carbocycles. The van der Waals surface area contributed by atoms with E-state index in [2.05, 4.69) is 10.3 Å². The van der Waals surface area contributed by atoms with Gasteiger partial charge in [-0.15, -0.1) is 0 Å². The van der Waals surface area contributed by atoms with Gasteiger partial charge in [-0.3, -0.25) is 0 Å². The van der Waals surface area contributed by atoms with Gasteiger partial charge in [-0.1, -0.05) is 17.7 Å². The maximum atomic E-state index is 5.90. The Balaban J connectivity index is 2.07. The van der Waals surface area contributed by atoms with E-state index in [1.807, 2.05) is 25.1 Å². The lowest BCUT2D eigenvalue weighted by atomic mass is 10.2. The van der Waals surface area contributed by atoms with Gasteiger partial charge < -0.3 is 9.73 Å². The maximum absolute atomic E-state index is 5.90. The molecule has 0 spiro atoms. The number of hydrogen-bond acceptors (Lipinski definition) is 3. The molecule has 0 bridgehead atoms. The van der Waals surface area contributed by atoms with Crippen LogP contribution in [0.2, 0.25) is 5.02 Å². The van der Waals surface area contributed by atoms with Crippen molar-refractivity contribution < 1.29 is 4.42 Å². The van der Waals surface area contributed by atoms with E-state index in [1.54, 1.807) is 6.20 Å². The molecule has 0 aliphatic heterocycles. The highest BCUT2D eigenvalue weighted by Gasteiger charge is 2.00. The van der Waals surface area contributed by atoms with Crippen LogP contribution in [0.3, 0.4) is 0 Å². The third-order valence-corrected chi connectivity index (χ3v) is 2.37. The van der Waals surface area contributed by atoms with Gasteiger partial charge in [0.2, 0.25) is 0 Å². The molecule has 0 amide bonds. The van der Waals surface area contributed by atoms with Crippen molar-refractivity contribution in [2.45, 2.75) is 13.5 Å². The number of anilines is 1. The monoisotopic (exact) mass is 222 g/mol. The number of benzene rings is 1. The first-order valence-corrected chi connectivity index (χ1v) is 5.01. The second-order valence-electron chi connectivity index (χ2n) is 3.28. The fraction of sp³-hybridized carbons (Fsp3) is 0.182. The van der Waals surface area contributed by atoms with Crippen LogP contribution in [0.15, 0.2) is 35.2 Å². The maximum Gasteiger partial charge on any atom is 0.180 e. The molecule has 0 atom stereocenters. The summed E-state index contributed by atoms with van der Waals surface area (Å²) in [5.74, 6) is 0.800. The number of hydrogen-bond donors (Lipinski definition) is 1. The third kappa shape index (κ3) is 2.50. The average Bonchev–Trinajstić information content (AvgIpc) is 2.72. The molecular weight excluding hydrogens is 212 g/mol. The van der Waals surface area contributed by atoms with Crippen LogP contribution in [0.25, 0.3) is 0 Å². The second-order valence-corrected chi connectivity index (χ2v) is 3.72. The summed E-state index contributed by atoms with van der Waals surface area (Å²) in [6, 6.07) is 5.74. The fourth-order valence-corrected chi connectivity index (χ4v) is 1.47. The molecule has 4 heteroatoms. The van der Waals surface area contributed by atoms with E-state index in [9.17, 15) is 0 Å². The molecule has 1 N–H and O–H groups in total. The molecule has 0 aliphatic rings. The highest BCUT2D eigenvalue weighted by molar-refractivity contribution is 6.30. The standard InChI is InChI=1S/C11H11ClN2O/c1-8-2-3-9(12)4-11(8)14-6-10-5-13-7-15-10/h2-5,7,14H,6H2,1H3. The van der Waals surface area contributed by atoms with Crippen LogP contribution >= 0.6 is 11.6 Å². The zero-order valence-corrected chi connectivity index (χ0v) is 9.08. The highest BCUT2D eigenvalue weighted by atomic mass is 35.5. The van der Waals surface area contributed by atoms with Gasteiger partial charge in [-0.25, -0.2) is 4.98 Å². The minimum atomic E-state index is 0.612. The van der Waals surface area contributed by atoms with E-state index >= 15 is 0 Å². The summed E-state index contributed by atoms with van der Waals surface area (Å²) in [6.07, 6.45) is 3.11. The summed E-state index contributed by atoms with van der Waals surface area (Å²) in [5, 5.41) is 3.96. The minimum absolute atomic E-state index is 0.612. The Hall–Kier alpha value is -1.48. The Morgan fingerprint density at radius 2 is 2.33 bits per heavy atom. The predicted octanol–water partition coefficient (Wildman–Crippen LogP) is 3.25. The van der Waals surface area contributed by atoms with Crippen LogP contribution in [0.4, 0.5) is 5.69 Å². The van der Waals surface area contributed by atoms with Gasteiger partial charge in [0.15, 0.2) is 6.39 Å². The number of nitrogens with zero attached hydrogens (tertiary/aromatic N) is 1. The van der Waals surface area contributed by atoms with Gasteiger partial charge in [0.05, 0.1) is 12.7 Å². The van der Waals surface area contributed by atoms with Crippen molar-refractivity contribution in [3.05, 3.63) is 47.1 Å². The molecule has 0 saturated heterocycles. The summed E-state index contributed by atoms with van der Waals surface area (Å²) in [7, 11) is 0. The molecule has 0 unspecified atom stereocenters. The van der Waals surface area contributed by atoms with Crippen LogP contribution in [-0.2, 0) is 6.54 Å². The average molecular weight is 223 g/mol. The molecule has 15 heavy (non-hydrogen) atoms. The molecule has 0 saturated carbocycles. The second kappa shape index (κ2) is 4.36. The number of aryl methyl sites for hydroxylation is 1. The van der Waals surface area contributed by atoms with E-state index < -0.39 is 0 Å². The van der Waals surface area contributed by atoms with Crippen LogP contribution in [0.5, 0.6) is 0 Å². The zero-order valence-electron chi connectivity index (χ0n) is 8.33. The number of aromatic nitrogens is 1. The molecule has 0 radical (unpaired) electrons. The van der Waals surface area contributed by atoms with Crippen LogP contribution < -0.4 is 5.32 Å². The molecule has 0 fully saturated rings. The molecule has 0 aliphatic carbocycles. The topological polar surface area (TPSA) is 38.1 Å². The van der Waals surface area contributed by atoms with E-state index in [-0.39, 0.29) is 0 Å². The lowest BCUT2D eigenvalue weighted by molar-refractivity contribution is 0.511. The SMILES string of the molecule is Cc1ccc(Cl)cc1NCc1cnco1. The Morgan fingerprint density at radius 3 is 3.07 bits per heavy atom. The molecular formula is C11H11ClN2O. The normalized spacial score (nSPS) is 10.3. The first-order valence-electron chi connectivity index (χ1n) is 4.63. The van der Waals surface area contributed by atoms with Crippen molar-refractivity contribution in [2.75, 3.05) is 5.32 Å². The van der Waals surface area contributed by atoms with E-state index in [0.717, 1.165) is 22.0 Å². The van der Waals surface area contributed by atoms with Crippen molar-refractivity contribution >= 4 is 17.3 Å². The van der Waals surface area contributed by atoms with E-state index in [4.69, 9.17) is 16.0 Å². The molecule has 3 nitrogen and oxygen atoms in total. The van der Waals surface area contributed by atoms with Gasteiger partial charge in [-0.2, -0.15) is 0 Å². The number of oxazole rings is 1. The summed E-state index contributed by atoms with van der Waals surface area (Å²) in [6.45, 7) is 2.64. The summed E-state index contributed by atoms with van der Waals surface area (Å²) in [5.41, 5.74) is 2.16. The van der Waals surface area contributed by atoms with Gasteiger partial charge in [-0.05, 0) is 24.6 Å². The number of nitrogens with one attached hydrogen (secondary N) is 1.